The van der Waals surface area contributed by atoms with Crippen molar-refractivity contribution >= 4 is 11.9 Å². The zero-order valence-corrected chi connectivity index (χ0v) is 14.5. The highest BCUT2D eigenvalue weighted by molar-refractivity contribution is 5.90. The zero-order valence-electron chi connectivity index (χ0n) is 14.5. The lowest BCUT2D eigenvalue weighted by molar-refractivity contribution is -0.160. The van der Waals surface area contributed by atoms with Crippen molar-refractivity contribution in [2.24, 2.45) is 5.92 Å². The number of aliphatic carboxylic acids is 2. The lowest BCUT2D eigenvalue weighted by atomic mass is 9.48. The van der Waals surface area contributed by atoms with E-state index in [0.29, 0.717) is 22.6 Å². The van der Waals surface area contributed by atoms with Crippen molar-refractivity contribution in [3.63, 3.8) is 0 Å². The van der Waals surface area contributed by atoms with Crippen LogP contribution < -0.4 is 9.47 Å². The maximum absolute atomic E-state index is 12.4. The monoisotopic (exact) mass is 356 g/mol. The smallest absolute Gasteiger partial charge is 0.314 e. The van der Waals surface area contributed by atoms with E-state index in [9.17, 15) is 19.8 Å². The second kappa shape index (κ2) is 6.71. The molecular weight excluding hydrogens is 336 g/mol. The molecule has 0 radical (unpaired) electrons. The van der Waals surface area contributed by atoms with Crippen LogP contribution in [0, 0.1) is 5.92 Å². The molecule has 0 spiro atoms. The van der Waals surface area contributed by atoms with E-state index in [1.165, 1.54) is 14.2 Å². The third kappa shape index (κ3) is 2.49. The average Bonchev–Trinajstić information content (AvgIpc) is 2.61. The first kappa shape index (κ1) is 17.8. The molecule has 6 nitrogen and oxygen atoms in total. The van der Waals surface area contributed by atoms with Gasteiger partial charge in [-0.1, -0.05) is 36.4 Å². The Bertz CT molecular complexity index is 846. The molecular formula is C20H20O6. The highest BCUT2D eigenvalue weighted by Gasteiger charge is 2.64. The van der Waals surface area contributed by atoms with Gasteiger partial charge >= 0.3 is 11.9 Å². The number of methoxy groups -OCH3 is 2. The molecule has 0 aliphatic heterocycles. The first-order chi connectivity index (χ1) is 12.5. The molecule has 1 aliphatic carbocycles. The summed E-state index contributed by atoms with van der Waals surface area (Å²) in [5.41, 5.74) is -0.352. The van der Waals surface area contributed by atoms with Crippen LogP contribution in [0.4, 0.5) is 0 Å². The fourth-order valence-corrected chi connectivity index (χ4v) is 4.04. The SMILES string of the molecule is COc1ccccc1C1C(C(=O)O)CC1(C(=O)O)c1ccccc1OC. The fraction of sp³-hybridized carbons (Fsp3) is 0.300. The van der Waals surface area contributed by atoms with Gasteiger partial charge in [0.25, 0.3) is 0 Å². The summed E-state index contributed by atoms with van der Waals surface area (Å²) >= 11 is 0. The van der Waals surface area contributed by atoms with Gasteiger partial charge < -0.3 is 19.7 Å². The van der Waals surface area contributed by atoms with Crippen molar-refractivity contribution < 1.29 is 29.3 Å². The average molecular weight is 356 g/mol. The molecule has 0 heterocycles. The van der Waals surface area contributed by atoms with E-state index in [1.807, 2.05) is 0 Å². The van der Waals surface area contributed by atoms with Gasteiger partial charge in [0.15, 0.2) is 0 Å². The molecule has 3 rings (SSSR count). The molecule has 0 bridgehead atoms. The summed E-state index contributed by atoms with van der Waals surface area (Å²) in [4.78, 5) is 24.2. The molecule has 2 aromatic carbocycles. The Balaban J connectivity index is 2.25. The van der Waals surface area contributed by atoms with E-state index in [0.717, 1.165) is 0 Å². The summed E-state index contributed by atoms with van der Waals surface area (Å²) in [5, 5.41) is 19.8. The van der Waals surface area contributed by atoms with Crippen LogP contribution in [0.2, 0.25) is 0 Å². The first-order valence-electron chi connectivity index (χ1n) is 8.20. The Kier molecular flexibility index (Phi) is 4.59. The molecule has 3 unspecified atom stereocenters. The molecule has 1 saturated carbocycles. The Morgan fingerprint density at radius 3 is 2.12 bits per heavy atom. The van der Waals surface area contributed by atoms with Gasteiger partial charge in [0, 0.05) is 11.5 Å². The van der Waals surface area contributed by atoms with Gasteiger partial charge in [0.1, 0.15) is 16.9 Å². The van der Waals surface area contributed by atoms with Gasteiger partial charge in [0.2, 0.25) is 0 Å². The number of hydrogen-bond donors (Lipinski definition) is 2. The van der Waals surface area contributed by atoms with E-state index in [1.54, 1.807) is 48.5 Å². The number of carboxylic acid groups (broad SMARTS) is 2. The zero-order chi connectivity index (χ0) is 18.9. The number of para-hydroxylation sites is 2. The second-order valence-electron chi connectivity index (χ2n) is 6.35. The highest BCUT2D eigenvalue weighted by atomic mass is 16.5. The topological polar surface area (TPSA) is 93.1 Å². The molecule has 136 valence electrons. The minimum absolute atomic E-state index is 0.0131. The Hall–Kier alpha value is -3.02. The van der Waals surface area contributed by atoms with Crippen LogP contribution in [0.25, 0.3) is 0 Å². The third-order valence-electron chi connectivity index (χ3n) is 5.24. The van der Waals surface area contributed by atoms with Crippen LogP contribution in [0.15, 0.2) is 48.5 Å². The van der Waals surface area contributed by atoms with Crippen molar-refractivity contribution in [1.82, 2.24) is 0 Å². The summed E-state index contributed by atoms with van der Waals surface area (Å²) < 4.78 is 10.8. The van der Waals surface area contributed by atoms with Crippen LogP contribution in [-0.4, -0.2) is 36.4 Å². The normalized spacial score (nSPS) is 24.4. The van der Waals surface area contributed by atoms with Gasteiger partial charge in [-0.2, -0.15) is 0 Å². The number of ether oxygens (including phenoxy) is 2. The van der Waals surface area contributed by atoms with Gasteiger partial charge in [-0.25, -0.2) is 0 Å². The maximum atomic E-state index is 12.4. The van der Waals surface area contributed by atoms with E-state index >= 15 is 0 Å². The Morgan fingerprint density at radius 1 is 0.962 bits per heavy atom. The lowest BCUT2D eigenvalue weighted by Crippen LogP contribution is -2.57. The van der Waals surface area contributed by atoms with Crippen LogP contribution in [0.1, 0.15) is 23.5 Å². The highest BCUT2D eigenvalue weighted by Crippen LogP contribution is 2.61. The first-order valence-corrected chi connectivity index (χ1v) is 8.20. The van der Waals surface area contributed by atoms with Crippen molar-refractivity contribution in [1.29, 1.82) is 0 Å². The summed E-state index contributed by atoms with van der Waals surface area (Å²) in [7, 11) is 2.96. The third-order valence-corrected chi connectivity index (χ3v) is 5.24. The molecule has 0 aromatic heterocycles. The van der Waals surface area contributed by atoms with E-state index in [-0.39, 0.29) is 6.42 Å². The van der Waals surface area contributed by atoms with Crippen LogP contribution in [0.3, 0.4) is 0 Å². The van der Waals surface area contributed by atoms with Gasteiger partial charge in [-0.05, 0) is 24.1 Å². The van der Waals surface area contributed by atoms with Crippen LogP contribution >= 0.6 is 0 Å². The number of rotatable bonds is 6. The maximum Gasteiger partial charge on any atom is 0.314 e. The Morgan fingerprint density at radius 2 is 1.54 bits per heavy atom. The molecule has 2 N–H and O–H groups in total. The summed E-state index contributed by atoms with van der Waals surface area (Å²) in [6.07, 6.45) is -0.0131. The van der Waals surface area contributed by atoms with Gasteiger partial charge in [-0.3, -0.25) is 9.59 Å². The summed E-state index contributed by atoms with van der Waals surface area (Å²) in [6, 6.07) is 13.8. The molecule has 3 atom stereocenters. The molecule has 1 aliphatic rings. The molecule has 6 heteroatoms. The van der Waals surface area contributed by atoms with Gasteiger partial charge in [0.05, 0.1) is 20.1 Å². The number of carbonyl (C=O) groups is 2. The predicted octanol–water partition coefficient (Wildman–Crippen LogP) is 2.91. The van der Waals surface area contributed by atoms with Crippen molar-refractivity contribution in [3.05, 3.63) is 59.7 Å². The lowest BCUT2D eigenvalue weighted by Gasteiger charge is -2.51. The second-order valence-corrected chi connectivity index (χ2v) is 6.35. The van der Waals surface area contributed by atoms with E-state index in [4.69, 9.17) is 9.47 Å². The number of carboxylic acids is 2. The van der Waals surface area contributed by atoms with E-state index < -0.39 is 29.2 Å². The quantitative estimate of drug-likeness (QED) is 0.827. The summed E-state index contributed by atoms with van der Waals surface area (Å²) in [6.45, 7) is 0. The van der Waals surface area contributed by atoms with Crippen molar-refractivity contribution in [2.45, 2.75) is 17.8 Å². The van der Waals surface area contributed by atoms with Gasteiger partial charge in [-0.15, -0.1) is 0 Å². The minimum Gasteiger partial charge on any atom is -0.496 e. The molecule has 1 fully saturated rings. The summed E-state index contributed by atoms with van der Waals surface area (Å²) in [5.74, 6) is -2.79. The minimum atomic E-state index is -1.40. The molecule has 2 aromatic rings. The molecule has 0 saturated heterocycles. The standard InChI is InChI=1S/C20H20O6/c1-25-15-9-5-3-7-12(15)17-13(18(21)22)11-20(17,19(23)24)14-8-4-6-10-16(14)26-2/h3-10,13,17H,11H2,1-2H3,(H,21,22)(H,23,24). The van der Waals surface area contributed by atoms with Crippen LogP contribution in [0.5, 0.6) is 11.5 Å². The van der Waals surface area contributed by atoms with E-state index in [2.05, 4.69) is 0 Å². The fourth-order valence-electron chi connectivity index (χ4n) is 4.04. The number of benzene rings is 2. The van der Waals surface area contributed by atoms with Crippen molar-refractivity contribution in [3.8, 4) is 11.5 Å². The van der Waals surface area contributed by atoms with Crippen LogP contribution in [-0.2, 0) is 15.0 Å². The number of hydrogen-bond acceptors (Lipinski definition) is 4. The Labute approximate surface area is 151 Å². The molecule has 26 heavy (non-hydrogen) atoms. The largest absolute Gasteiger partial charge is 0.496 e. The van der Waals surface area contributed by atoms with Crippen molar-refractivity contribution in [2.75, 3.05) is 14.2 Å². The predicted molar refractivity (Wildman–Crippen MR) is 93.8 cm³/mol. The molecule has 0 amide bonds.